The van der Waals surface area contributed by atoms with Crippen molar-refractivity contribution in [2.75, 3.05) is 23.7 Å². The molecular weight excluding hydrogens is 394 g/mol. The SMILES string of the molecule is C[C@H]1CN(c2ccncc2CC(=O)c2c(N)oc3cc(Cl)cnc23)C[C@@H](N)[C@@H]1O. The van der Waals surface area contributed by atoms with Gasteiger partial charge in [0, 0.05) is 67.4 Å². The van der Waals surface area contributed by atoms with Crippen molar-refractivity contribution in [3.05, 3.63) is 46.9 Å². The molecule has 8 nitrogen and oxygen atoms in total. The molecule has 0 radical (unpaired) electrons. The summed E-state index contributed by atoms with van der Waals surface area (Å²) >= 11 is 5.94. The van der Waals surface area contributed by atoms with Gasteiger partial charge in [0.15, 0.2) is 11.4 Å². The fourth-order valence-electron chi connectivity index (χ4n) is 3.88. The maximum absolute atomic E-state index is 13.1. The first kappa shape index (κ1) is 19.6. The maximum atomic E-state index is 13.1. The average Bonchev–Trinajstić information content (AvgIpc) is 3.01. The predicted octanol–water partition coefficient (Wildman–Crippen LogP) is 2.03. The molecule has 5 N–H and O–H groups in total. The Bertz CT molecular complexity index is 1060. The van der Waals surface area contributed by atoms with Gasteiger partial charge in [0.2, 0.25) is 5.88 Å². The normalized spacial score (nSPS) is 22.2. The number of nitrogens with two attached hydrogens (primary N) is 2. The minimum atomic E-state index is -0.548. The van der Waals surface area contributed by atoms with E-state index >= 15 is 0 Å². The van der Waals surface area contributed by atoms with Crippen molar-refractivity contribution in [3.63, 3.8) is 0 Å². The van der Waals surface area contributed by atoms with Gasteiger partial charge in [-0.1, -0.05) is 18.5 Å². The van der Waals surface area contributed by atoms with Crippen LogP contribution in [-0.2, 0) is 6.42 Å². The Balaban J connectivity index is 1.64. The van der Waals surface area contributed by atoms with Gasteiger partial charge in [-0.05, 0) is 6.07 Å². The summed E-state index contributed by atoms with van der Waals surface area (Å²) in [7, 11) is 0. The molecule has 0 bridgehead atoms. The first-order valence-electron chi connectivity index (χ1n) is 9.33. The molecule has 1 fully saturated rings. The van der Waals surface area contributed by atoms with Crippen molar-refractivity contribution in [2.45, 2.75) is 25.5 Å². The molecule has 4 rings (SSSR count). The molecule has 1 aliphatic rings. The number of halogens is 1. The van der Waals surface area contributed by atoms with E-state index in [9.17, 15) is 9.90 Å². The molecule has 3 atom stereocenters. The monoisotopic (exact) mass is 415 g/mol. The zero-order valence-electron chi connectivity index (χ0n) is 15.9. The van der Waals surface area contributed by atoms with Gasteiger partial charge < -0.3 is 25.9 Å². The van der Waals surface area contributed by atoms with Crippen LogP contribution in [-0.4, -0.2) is 46.1 Å². The van der Waals surface area contributed by atoms with E-state index in [1.54, 1.807) is 18.5 Å². The van der Waals surface area contributed by atoms with Crippen LogP contribution < -0.4 is 16.4 Å². The molecule has 9 heteroatoms. The number of aliphatic hydroxyl groups is 1. The second-order valence-electron chi connectivity index (χ2n) is 7.48. The fourth-order valence-corrected chi connectivity index (χ4v) is 4.03. The molecule has 0 unspecified atom stereocenters. The van der Waals surface area contributed by atoms with Gasteiger partial charge in [0.25, 0.3) is 0 Å². The third-order valence-electron chi connectivity index (χ3n) is 5.33. The van der Waals surface area contributed by atoms with Crippen molar-refractivity contribution in [3.8, 4) is 0 Å². The molecule has 3 aromatic heterocycles. The number of rotatable bonds is 4. The highest BCUT2D eigenvalue weighted by Crippen LogP contribution is 2.31. The fraction of sp³-hybridized carbons (Fsp3) is 0.350. The van der Waals surface area contributed by atoms with E-state index in [0.29, 0.717) is 29.2 Å². The van der Waals surface area contributed by atoms with E-state index in [1.165, 1.54) is 6.20 Å². The summed E-state index contributed by atoms with van der Waals surface area (Å²) in [6, 6.07) is 3.07. The van der Waals surface area contributed by atoms with E-state index in [0.717, 1.165) is 11.3 Å². The lowest BCUT2D eigenvalue weighted by Gasteiger charge is -2.40. The number of pyridine rings is 2. The second-order valence-corrected chi connectivity index (χ2v) is 7.92. The summed E-state index contributed by atoms with van der Waals surface area (Å²) in [5.74, 6) is -0.195. The summed E-state index contributed by atoms with van der Waals surface area (Å²) in [5.41, 5.74) is 14.7. The molecule has 0 saturated carbocycles. The zero-order chi connectivity index (χ0) is 20.7. The number of furan rings is 1. The number of Topliss-reactive ketones (excluding diaryl/α,β-unsaturated/α-hetero) is 1. The number of anilines is 2. The van der Waals surface area contributed by atoms with Crippen LogP contribution in [0.4, 0.5) is 11.6 Å². The standard InChI is InChI=1S/C20H22ClN5O3/c1-10-8-26(9-13(22)19(10)28)14-2-3-24-6-11(14)4-15(27)17-18-16(29-20(17)23)5-12(21)7-25-18/h2-3,5-7,10,13,19,28H,4,8-9,22-23H2,1H3/t10-,13+,19+/m0/s1. The number of aliphatic hydroxyl groups excluding tert-OH is 1. The molecule has 0 aliphatic carbocycles. The third-order valence-corrected chi connectivity index (χ3v) is 5.54. The van der Waals surface area contributed by atoms with Crippen LogP contribution in [0, 0.1) is 5.92 Å². The van der Waals surface area contributed by atoms with Crippen LogP contribution in [0.2, 0.25) is 5.02 Å². The number of hydrogen-bond donors (Lipinski definition) is 3. The third kappa shape index (κ3) is 3.66. The lowest BCUT2D eigenvalue weighted by Crippen LogP contribution is -2.55. The Hall–Kier alpha value is -2.68. The van der Waals surface area contributed by atoms with E-state index < -0.39 is 6.10 Å². The van der Waals surface area contributed by atoms with Gasteiger partial charge in [0.05, 0.1) is 11.1 Å². The van der Waals surface area contributed by atoms with Gasteiger partial charge >= 0.3 is 0 Å². The molecular formula is C20H22ClN5O3. The quantitative estimate of drug-likeness (QED) is 0.551. The highest BCUT2D eigenvalue weighted by molar-refractivity contribution is 6.31. The van der Waals surface area contributed by atoms with Crippen LogP contribution >= 0.6 is 11.6 Å². The van der Waals surface area contributed by atoms with Gasteiger partial charge in [-0.25, -0.2) is 0 Å². The lowest BCUT2D eigenvalue weighted by molar-refractivity contribution is 0.0784. The minimum absolute atomic E-state index is 0.0119. The van der Waals surface area contributed by atoms with Crippen molar-refractivity contribution in [1.82, 2.24) is 9.97 Å². The highest BCUT2D eigenvalue weighted by Gasteiger charge is 2.32. The van der Waals surface area contributed by atoms with Crippen LogP contribution in [0.3, 0.4) is 0 Å². The topological polar surface area (TPSA) is 132 Å². The Morgan fingerprint density at radius 3 is 2.97 bits per heavy atom. The maximum Gasteiger partial charge on any atom is 0.204 e. The summed E-state index contributed by atoms with van der Waals surface area (Å²) in [4.78, 5) is 23.6. The molecule has 1 aliphatic heterocycles. The Labute approximate surface area is 172 Å². The number of carbonyl (C=O) groups is 1. The number of ketones is 1. The molecule has 0 amide bonds. The molecule has 29 heavy (non-hydrogen) atoms. The van der Waals surface area contributed by atoms with Gasteiger partial charge in [-0.2, -0.15) is 0 Å². The predicted molar refractivity (Wildman–Crippen MR) is 111 cm³/mol. The summed E-state index contributed by atoms with van der Waals surface area (Å²) in [6.45, 7) is 3.09. The van der Waals surface area contributed by atoms with E-state index in [4.69, 9.17) is 27.5 Å². The van der Waals surface area contributed by atoms with Crippen LogP contribution in [0.25, 0.3) is 11.1 Å². The summed E-state index contributed by atoms with van der Waals surface area (Å²) in [5, 5.41) is 10.5. The number of hydrogen-bond acceptors (Lipinski definition) is 8. The van der Waals surface area contributed by atoms with Crippen molar-refractivity contribution >= 4 is 40.1 Å². The Morgan fingerprint density at radius 2 is 2.21 bits per heavy atom. The second kappa shape index (κ2) is 7.62. The first-order valence-corrected chi connectivity index (χ1v) is 9.71. The molecule has 0 spiro atoms. The van der Waals surface area contributed by atoms with Crippen molar-refractivity contribution < 1.29 is 14.3 Å². The Morgan fingerprint density at radius 1 is 1.41 bits per heavy atom. The largest absolute Gasteiger partial charge is 0.438 e. The van der Waals surface area contributed by atoms with Crippen LogP contribution in [0.1, 0.15) is 22.8 Å². The number of nitrogens with zero attached hydrogens (tertiary/aromatic N) is 3. The van der Waals surface area contributed by atoms with E-state index in [-0.39, 0.29) is 35.6 Å². The lowest BCUT2D eigenvalue weighted by atomic mass is 9.92. The number of fused-ring (bicyclic) bond motifs is 1. The average molecular weight is 416 g/mol. The number of piperidine rings is 1. The van der Waals surface area contributed by atoms with Gasteiger partial charge in [0.1, 0.15) is 11.1 Å². The number of aromatic nitrogens is 2. The van der Waals surface area contributed by atoms with Crippen molar-refractivity contribution in [1.29, 1.82) is 0 Å². The summed E-state index contributed by atoms with van der Waals surface area (Å²) in [6.07, 6.45) is 4.32. The first-order chi connectivity index (χ1) is 13.8. The van der Waals surface area contributed by atoms with Gasteiger partial charge in [-0.3, -0.25) is 14.8 Å². The molecule has 152 valence electrons. The highest BCUT2D eigenvalue weighted by atomic mass is 35.5. The molecule has 0 aromatic carbocycles. The van der Waals surface area contributed by atoms with Crippen molar-refractivity contribution in [2.24, 2.45) is 11.7 Å². The number of carbonyl (C=O) groups excluding carboxylic acids is 1. The van der Waals surface area contributed by atoms with E-state index in [2.05, 4.69) is 14.9 Å². The zero-order valence-corrected chi connectivity index (χ0v) is 16.6. The molecule has 3 aromatic rings. The smallest absolute Gasteiger partial charge is 0.204 e. The Kier molecular flexibility index (Phi) is 5.16. The minimum Gasteiger partial charge on any atom is -0.438 e. The molecule has 4 heterocycles. The molecule has 1 saturated heterocycles. The van der Waals surface area contributed by atoms with Crippen LogP contribution in [0.15, 0.2) is 35.1 Å². The van der Waals surface area contributed by atoms with E-state index in [1.807, 2.05) is 13.0 Å². The summed E-state index contributed by atoms with van der Waals surface area (Å²) < 4.78 is 5.46. The van der Waals surface area contributed by atoms with Gasteiger partial charge in [-0.15, -0.1) is 0 Å². The number of nitrogen functional groups attached to an aromatic ring is 1. The van der Waals surface area contributed by atoms with Crippen LogP contribution in [0.5, 0.6) is 0 Å².